The van der Waals surface area contributed by atoms with Crippen molar-refractivity contribution in [2.75, 3.05) is 5.32 Å². The zero-order valence-electron chi connectivity index (χ0n) is 7.10. The third kappa shape index (κ3) is 3.61. The van der Waals surface area contributed by atoms with Gasteiger partial charge in [-0.25, -0.2) is 0 Å². The molecule has 0 unspecified atom stereocenters. The van der Waals surface area contributed by atoms with Crippen molar-refractivity contribution in [2.24, 2.45) is 0 Å². The second kappa shape index (κ2) is 4.66. The number of rotatable bonds is 1. The molecule has 0 bridgehead atoms. The van der Waals surface area contributed by atoms with Gasteiger partial charge in [-0.1, -0.05) is 46.4 Å². The Morgan fingerprint density at radius 3 is 2.47 bits per heavy atom. The molecule has 0 saturated heterocycles. The van der Waals surface area contributed by atoms with Crippen molar-refractivity contribution in [3.8, 4) is 5.75 Å². The molecule has 0 aromatic heterocycles. The van der Waals surface area contributed by atoms with E-state index in [1.54, 1.807) is 0 Å². The third-order valence-electron chi connectivity index (χ3n) is 1.46. The molecular weight excluding hydrogens is 284 g/mol. The first-order valence-corrected chi connectivity index (χ1v) is 5.18. The lowest BCUT2D eigenvalue weighted by Crippen LogP contribution is -2.26. The topological polar surface area (TPSA) is 49.3 Å². The number of nitrogens with one attached hydrogen (secondary N) is 1. The van der Waals surface area contributed by atoms with Crippen molar-refractivity contribution >= 4 is 58.0 Å². The van der Waals surface area contributed by atoms with E-state index in [2.05, 4.69) is 5.32 Å². The van der Waals surface area contributed by atoms with Crippen LogP contribution < -0.4 is 5.32 Å². The van der Waals surface area contributed by atoms with E-state index < -0.39 is 9.70 Å². The molecule has 2 N–H and O–H groups in total. The number of hydrogen-bond donors (Lipinski definition) is 2. The summed E-state index contributed by atoms with van der Waals surface area (Å²) in [7, 11) is 0. The van der Waals surface area contributed by atoms with Gasteiger partial charge in [0.15, 0.2) is 0 Å². The SMILES string of the molecule is O=C(Nc1cc(Cl)ccc1O)C(Cl)(Cl)Cl. The molecule has 0 aliphatic carbocycles. The molecule has 0 aliphatic heterocycles. The highest BCUT2D eigenvalue weighted by Crippen LogP contribution is 2.31. The number of halogens is 4. The van der Waals surface area contributed by atoms with E-state index in [4.69, 9.17) is 46.4 Å². The van der Waals surface area contributed by atoms with Crippen molar-refractivity contribution in [2.45, 2.75) is 3.79 Å². The van der Waals surface area contributed by atoms with Gasteiger partial charge < -0.3 is 10.4 Å². The Bertz CT molecular complexity index is 389. The smallest absolute Gasteiger partial charge is 0.276 e. The van der Waals surface area contributed by atoms with Gasteiger partial charge in [-0.3, -0.25) is 4.79 Å². The maximum atomic E-state index is 11.2. The summed E-state index contributed by atoms with van der Waals surface area (Å²) < 4.78 is -2.09. The van der Waals surface area contributed by atoms with Crippen LogP contribution in [0, 0.1) is 0 Å². The van der Waals surface area contributed by atoms with E-state index >= 15 is 0 Å². The number of amides is 1. The van der Waals surface area contributed by atoms with Crippen molar-refractivity contribution in [3.05, 3.63) is 23.2 Å². The fourth-order valence-electron chi connectivity index (χ4n) is 0.802. The van der Waals surface area contributed by atoms with Crippen LogP contribution in [0.4, 0.5) is 5.69 Å². The minimum atomic E-state index is -2.09. The van der Waals surface area contributed by atoms with Gasteiger partial charge >= 0.3 is 0 Å². The van der Waals surface area contributed by atoms with Gasteiger partial charge in [-0.15, -0.1) is 0 Å². The summed E-state index contributed by atoms with van der Waals surface area (Å²) >= 11 is 21.6. The van der Waals surface area contributed by atoms with Gasteiger partial charge in [0.1, 0.15) is 5.75 Å². The largest absolute Gasteiger partial charge is 0.506 e. The maximum Gasteiger partial charge on any atom is 0.276 e. The van der Waals surface area contributed by atoms with E-state index in [1.807, 2.05) is 0 Å². The predicted octanol–water partition coefficient (Wildman–Crippen LogP) is 3.35. The Labute approximate surface area is 106 Å². The summed E-state index contributed by atoms with van der Waals surface area (Å²) in [5.74, 6) is -1.04. The molecule has 3 nitrogen and oxygen atoms in total. The van der Waals surface area contributed by atoms with Crippen LogP contribution in [0.25, 0.3) is 0 Å². The first kappa shape index (κ1) is 12.7. The molecule has 1 amide bonds. The number of phenols is 1. The molecule has 7 heteroatoms. The van der Waals surface area contributed by atoms with E-state index in [0.29, 0.717) is 5.02 Å². The summed E-state index contributed by atoms with van der Waals surface area (Å²) in [6.07, 6.45) is 0. The van der Waals surface area contributed by atoms with Gasteiger partial charge in [0, 0.05) is 5.02 Å². The molecule has 1 aromatic carbocycles. The molecule has 0 atom stereocenters. The van der Waals surface area contributed by atoms with Gasteiger partial charge in [-0.2, -0.15) is 0 Å². The minimum absolute atomic E-state index is 0.0822. The lowest BCUT2D eigenvalue weighted by Gasteiger charge is -2.12. The fourth-order valence-corrected chi connectivity index (χ4v) is 1.12. The first-order chi connectivity index (χ1) is 6.80. The standard InChI is InChI=1S/C8H5Cl4NO2/c9-4-1-2-6(14)5(3-4)13-7(15)8(10,11)12/h1-3,14H,(H,13,15). The second-order valence-electron chi connectivity index (χ2n) is 2.61. The maximum absolute atomic E-state index is 11.2. The molecule has 0 saturated carbocycles. The summed E-state index contributed by atoms with van der Waals surface area (Å²) in [6, 6.07) is 4.11. The lowest BCUT2D eigenvalue weighted by molar-refractivity contribution is -0.115. The number of anilines is 1. The Balaban J connectivity index is 2.90. The van der Waals surface area contributed by atoms with Crippen molar-refractivity contribution in [3.63, 3.8) is 0 Å². The Kier molecular flexibility index (Phi) is 3.95. The number of carbonyl (C=O) groups is 1. The van der Waals surface area contributed by atoms with E-state index in [1.165, 1.54) is 18.2 Å². The quantitative estimate of drug-likeness (QED) is 0.615. The zero-order valence-corrected chi connectivity index (χ0v) is 10.1. The van der Waals surface area contributed by atoms with Crippen LogP contribution in [0.1, 0.15) is 0 Å². The Morgan fingerprint density at radius 2 is 1.93 bits per heavy atom. The number of aromatic hydroxyl groups is 1. The summed E-state index contributed by atoms with van der Waals surface area (Å²) in [6.45, 7) is 0. The minimum Gasteiger partial charge on any atom is -0.506 e. The monoisotopic (exact) mass is 287 g/mol. The molecule has 0 aliphatic rings. The highest BCUT2D eigenvalue weighted by Gasteiger charge is 2.31. The van der Waals surface area contributed by atoms with Crippen molar-refractivity contribution < 1.29 is 9.90 Å². The van der Waals surface area contributed by atoms with E-state index in [0.717, 1.165) is 0 Å². The van der Waals surface area contributed by atoms with Crippen LogP contribution in [-0.2, 0) is 4.79 Å². The molecule has 1 aromatic rings. The van der Waals surface area contributed by atoms with Gasteiger partial charge in [0.25, 0.3) is 9.70 Å². The average molecular weight is 289 g/mol. The second-order valence-corrected chi connectivity index (χ2v) is 5.33. The summed E-state index contributed by atoms with van der Waals surface area (Å²) in [4.78, 5) is 11.2. The Hall–Kier alpha value is -0.350. The van der Waals surface area contributed by atoms with E-state index in [-0.39, 0.29) is 11.4 Å². The number of hydrogen-bond acceptors (Lipinski definition) is 2. The average Bonchev–Trinajstić information content (AvgIpc) is 2.09. The molecule has 1 rings (SSSR count). The lowest BCUT2D eigenvalue weighted by atomic mass is 10.3. The summed E-state index contributed by atoms with van der Waals surface area (Å²) in [5, 5.41) is 11.9. The molecule has 15 heavy (non-hydrogen) atoms. The van der Waals surface area contributed by atoms with Crippen LogP contribution in [-0.4, -0.2) is 14.8 Å². The van der Waals surface area contributed by atoms with Gasteiger partial charge in [0.05, 0.1) is 5.69 Å². The van der Waals surface area contributed by atoms with E-state index in [9.17, 15) is 9.90 Å². The van der Waals surface area contributed by atoms with Crippen LogP contribution >= 0.6 is 46.4 Å². The first-order valence-electron chi connectivity index (χ1n) is 3.67. The Morgan fingerprint density at radius 1 is 1.33 bits per heavy atom. The van der Waals surface area contributed by atoms with Gasteiger partial charge in [0.2, 0.25) is 0 Å². The fraction of sp³-hybridized carbons (Fsp3) is 0.125. The van der Waals surface area contributed by atoms with Crippen LogP contribution in [0.15, 0.2) is 18.2 Å². The highest BCUT2D eigenvalue weighted by atomic mass is 35.6. The third-order valence-corrected chi connectivity index (χ3v) is 2.21. The normalized spacial score (nSPS) is 11.2. The molecule has 0 spiro atoms. The summed E-state index contributed by atoms with van der Waals surface area (Å²) in [5.41, 5.74) is 0.0822. The number of carbonyl (C=O) groups excluding carboxylic acids is 1. The molecule has 82 valence electrons. The molecule has 0 fully saturated rings. The number of phenolic OH excluding ortho intramolecular Hbond substituents is 1. The molecular formula is C8H5Cl4NO2. The predicted molar refractivity (Wildman–Crippen MR) is 62.0 cm³/mol. The molecule has 0 heterocycles. The number of alkyl halides is 3. The van der Waals surface area contributed by atoms with Gasteiger partial charge in [-0.05, 0) is 18.2 Å². The van der Waals surface area contributed by atoms with Crippen LogP contribution in [0.5, 0.6) is 5.75 Å². The van der Waals surface area contributed by atoms with Crippen molar-refractivity contribution in [1.82, 2.24) is 0 Å². The van der Waals surface area contributed by atoms with Crippen LogP contribution in [0.3, 0.4) is 0 Å². The van der Waals surface area contributed by atoms with Crippen molar-refractivity contribution in [1.29, 1.82) is 0 Å². The zero-order chi connectivity index (χ0) is 11.6. The van der Waals surface area contributed by atoms with Crippen LogP contribution in [0.2, 0.25) is 5.02 Å². The highest BCUT2D eigenvalue weighted by molar-refractivity contribution is 6.76. The number of benzene rings is 1. The molecule has 0 radical (unpaired) electrons.